The molecule has 1 amide bonds. The van der Waals surface area contributed by atoms with Gasteiger partial charge in [-0.25, -0.2) is 9.78 Å². The Morgan fingerprint density at radius 3 is 2.69 bits per heavy atom. The summed E-state index contributed by atoms with van der Waals surface area (Å²) in [5, 5.41) is 8.02. The van der Waals surface area contributed by atoms with Crippen molar-refractivity contribution in [2.45, 2.75) is 59.5 Å². The topological polar surface area (TPSA) is 103 Å². The third-order valence-corrected chi connectivity index (χ3v) is 6.13. The van der Waals surface area contributed by atoms with Crippen LogP contribution >= 0.6 is 11.3 Å². The van der Waals surface area contributed by atoms with Gasteiger partial charge >= 0.3 is 5.97 Å². The maximum atomic E-state index is 12.5. The van der Waals surface area contributed by atoms with Crippen LogP contribution in [0.15, 0.2) is 35.1 Å². The van der Waals surface area contributed by atoms with E-state index in [2.05, 4.69) is 22.3 Å². The molecule has 0 saturated carbocycles. The van der Waals surface area contributed by atoms with E-state index in [0.29, 0.717) is 21.9 Å². The van der Waals surface area contributed by atoms with Crippen LogP contribution < -0.4 is 10.9 Å². The Balaban J connectivity index is 1.67. The molecule has 1 aromatic carbocycles. The van der Waals surface area contributed by atoms with E-state index in [1.54, 1.807) is 24.3 Å². The van der Waals surface area contributed by atoms with Crippen molar-refractivity contribution >= 4 is 33.9 Å². The first kappa shape index (κ1) is 23.6. The maximum absolute atomic E-state index is 12.5. The van der Waals surface area contributed by atoms with Crippen LogP contribution in [0.3, 0.4) is 0 Å². The number of fused-ring (bicyclic) bond motifs is 1. The van der Waals surface area contributed by atoms with E-state index in [-0.39, 0.29) is 24.0 Å². The summed E-state index contributed by atoms with van der Waals surface area (Å²) in [4.78, 5) is 42.0. The fourth-order valence-corrected chi connectivity index (χ4v) is 4.21. The van der Waals surface area contributed by atoms with Crippen LogP contribution in [0, 0.1) is 5.92 Å². The molecule has 0 radical (unpaired) electrons. The van der Waals surface area contributed by atoms with E-state index >= 15 is 0 Å². The van der Waals surface area contributed by atoms with Gasteiger partial charge in [-0.1, -0.05) is 44.6 Å². The molecule has 170 valence electrons. The molecule has 9 heteroatoms. The van der Waals surface area contributed by atoms with Gasteiger partial charge in [0.15, 0.2) is 0 Å². The molecule has 3 aromatic rings. The normalized spacial score (nSPS) is 11.1. The molecule has 8 nitrogen and oxygen atoms in total. The molecule has 2 aromatic heterocycles. The van der Waals surface area contributed by atoms with E-state index < -0.39 is 5.97 Å². The summed E-state index contributed by atoms with van der Waals surface area (Å²) in [6.45, 7) is 5.91. The average molecular weight is 457 g/mol. The van der Waals surface area contributed by atoms with Crippen molar-refractivity contribution < 1.29 is 14.3 Å². The monoisotopic (exact) mass is 456 g/mol. The Labute approximate surface area is 190 Å². The molecule has 2 heterocycles. The summed E-state index contributed by atoms with van der Waals surface area (Å²) in [6.07, 6.45) is 4.35. The van der Waals surface area contributed by atoms with E-state index in [0.717, 1.165) is 37.1 Å². The van der Waals surface area contributed by atoms with Gasteiger partial charge in [-0.15, -0.1) is 0 Å². The predicted molar refractivity (Wildman–Crippen MR) is 124 cm³/mol. The fraction of sp³-hybridized carbons (Fsp3) is 0.435. The predicted octanol–water partition coefficient (Wildman–Crippen LogP) is 4.23. The van der Waals surface area contributed by atoms with Gasteiger partial charge in [0.1, 0.15) is 11.6 Å². The number of aromatic nitrogens is 3. The van der Waals surface area contributed by atoms with Gasteiger partial charge < -0.3 is 10.1 Å². The lowest BCUT2D eigenvalue weighted by Crippen LogP contribution is -2.21. The number of hydrogen-bond donors (Lipinski definition) is 1. The summed E-state index contributed by atoms with van der Waals surface area (Å²) < 4.78 is 6.65. The number of carbonyl (C=O) groups excluding carboxylic acids is 2. The number of anilines is 1. The number of carbonyl (C=O) groups is 2. The van der Waals surface area contributed by atoms with Crippen molar-refractivity contribution in [3.63, 3.8) is 0 Å². The number of rotatable bonds is 10. The van der Waals surface area contributed by atoms with Crippen molar-refractivity contribution in [3.8, 4) is 0 Å². The van der Waals surface area contributed by atoms with Crippen LogP contribution in [0.5, 0.6) is 0 Å². The first-order valence-corrected chi connectivity index (χ1v) is 11.7. The molecule has 0 aliphatic rings. The zero-order chi connectivity index (χ0) is 23.1. The molecule has 0 bridgehead atoms. The van der Waals surface area contributed by atoms with Gasteiger partial charge in [-0.05, 0) is 37.5 Å². The molecule has 0 saturated heterocycles. The molecule has 0 unspecified atom stereocenters. The van der Waals surface area contributed by atoms with Gasteiger partial charge in [0, 0.05) is 24.1 Å². The van der Waals surface area contributed by atoms with Crippen molar-refractivity contribution in [2.24, 2.45) is 5.92 Å². The van der Waals surface area contributed by atoms with Gasteiger partial charge in [0.2, 0.25) is 10.9 Å². The molecular weight excluding hydrogens is 428 g/mol. The minimum Gasteiger partial charge on any atom is -0.456 e. The van der Waals surface area contributed by atoms with Gasteiger partial charge in [0.05, 0.1) is 11.3 Å². The van der Waals surface area contributed by atoms with Crippen molar-refractivity contribution in [1.29, 1.82) is 0 Å². The highest BCUT2D eigenvalue weighted by atomic mass is 32.1. The van der Waals surface area contributed by atoms with Crippen LogP contribution in [0.4, 0.5) is 5.69 Å². The maximum Gasteiger partial charge on any atom is 0.338 e. The van der Waals surface area contributed by atoms with E-state index in [1.165, 1.54) is 21.9 Å². The quantitative estimate of drug-likeness (QED) is 0.458. The number of nitrogens with one attached hydrogen (secondary N) is 1. The van der Waals surface area contributed by atoms with Crippen LogP contribution in [-0.4, -0.2) is 26.5 Å². The van der Waals surface area contributed by atoms with E-state index in [1.807, 2.05) is 13.8 Å². The van der Waals surface area contributed by atoms with Crippen LogP contribution in [0.1, 0.15) is 67.5 Å². The lowest BCUT2D eigenvalue weighted by molar-refractivity contribution is -0.120. The Morgan fingerprint density at radius 2 is 1.97 bits per heavy atom. The van der Waals surface area contributed by atoms with Crippen molar-refractivity contribution in [1.82, 2.24) is 14.6 Å². The Bertz CT molecular complexity index is 1150. The first-order chi connectivity index (χ1) is 15.4. The second kappa shape index (κ2) is 11.0. The number of amides is 1. The molecule has 0 aliphatic carbocycles. The van der Waals surface area contributed by atoms with Gasteiger partial charge in [-0.2, -0.15) is 9.61 Å². The van der Waals surface area contributed by atoms with E-state index in [9.17, 15) is 14.4 Å². The highest BCUT2D eigenvalue weighted by Crippen LogP contribution is 2.17. The number of ether oxygens (including phenoxy) is 1. The third-order valence-electron chi connectivity index (χ3n) is 5.16. The Hall–Kier alpha value is -3.07. The second-order valence-electron chi connectivity index (χ2n) is 7.54. The molecule has 0 spiro atoms. The van der Waals surface area contributed by atoms with E-state index in [4.69, 9.17) is 4.74 Å². The number of unbranched alkanes of at least 4 members (excludes halogenated alkanes) is 1. The molecule has 3 rings (SSSR count). The first-order valence-electron chi connectivity index (χ1n) is 10.9. The standard InChI is InChI=1S/C23H28N4O4S/c1-4-7-11-19-26-27-20(28)13-18(25-23(27)32-19)14-31-22(30)16-9-8-10-17(12-16)24-21(29)15(5-2)6-3/h8-10,12-13,15H,4-7,11,14H2,1-3H3,(H,24,29). The van der Waals surface area contributed by atoms with Crippen molar-refractivity contribution in [3.05, 3.63) is 57.0 Å². The summed E-state index contributed by atoms with van der Waals surface area (Å²) in [5.41, 5.74) is 0.918. The van der Waals surface area contributed by atoms with Gasteiger partial charge in [0.25, 0.3) is 5.56 Å². The molecule has 0 aliphatic heterocycles. The van der Waals surface area contributed by atoms with Crippen molar-refractivity contribution in [2.75, 3.05) is 5.32 Å². The molecule has 1 N–H and O–H groups in total. The largest absolute Gasteiger partial charge is 0.456 e. The summed E-state index contributed by atoms with van der Waals surface area (Å²) >= 11 is 1.37. The lowest BCUT2D eigenvalue weighted by atomic mass is 10.0. The molecular formula is C23H28N4O4S. The fourth-order valence-electron chi connectivity index (χ4n) is 3.25. The highest BCUT2D eigenvalue weighted by Gasteiger charge is 2.16. The lowest BCUT2D eigenvalue weighted by Gasteiger charge is -2.13. The smallest absolute Gasteiger partial charge is 0.338 e. The number of benzene rings is 1. The van der Waals surface area contributed by atoms with Crippen LogP contribution in [-0.2, 0) is 22.6 Å². The molecule has 32 heavy (non-hydrogen) atoms. The van der Waals surface area contributed by atoms with Crippen LogP contribution in [0.25, 0.3) is 4.96 Å². The third kappa shape index (κ3) is 5.79. The zero-order valence-corrected chi connectivity index (χ0v) is 19.4. The number of esters is 1. The molecule has 0 fully saturated rings. The Kier molecular flexibility index (Phi) is 8.10. The minimum atomic E-state index is -0.557. The Morgan fingerprint density at radius 1 is 1.19 bits per heavy atom. The number of hydrogen-bond acceptors (Lipinski definition) is 7. The highest BCUT2D eigenvalue weighted by molar-refractivity contribution is 7.16. The summed E-state index contributed by atoms with van der Waals surface area (Å²) in [6, 6.07) is 7.94. The number of aryl methyl sites for hydroxylation is 1. The molecule has 0 atom stereocenters. The summed E-state index contributed by atoms with van der Waals surface area (Å²) in [7, 11) is 0. The number of nitrogens with zero attached hydrogens (tertiary/aromatic N) is 3. The average Bonchev–Trinajstić information content (AvgIpc) is 3.20. The zero-order valence-electron chi connectivity index (χ0n) is 18.6. The minimum absolute atomic E-state index is 0.0682. The van der Waals surface area contributed by atoms with Crippen LogP contribution in [0.2, 0.25) is 0 Å². The summed E-state index contributed by atoms with van der Waals surface area (Å²) in [5.74, 6) is -0.695. The SMILES string of the molecule is CCCCc1nn2c(=O)cc(COC(=O)c3cccc(NC(=O)C(CC)CC)c3)nc2s1. The second-order valence-corrected chi connectivity index (χ2v) is 8.58. The van der Waals surface area contributed by atoms with Gasteiger partial charge in [-0.3, -0.25) is 9.59 Å².